The molecule has 3 heteroatoms. The molecule has 1 heterocycles. The van der Waals surface area contributed by atoms with Crippen molar-refractivity contribution in [3.63, 3.8) is 0 Å². The Hall–Kier alpha value is -1.06. The lowest BCUT2D eigenvalue weighted by atomic mass is 9.92. The van der Waals surface area contributed by atoms with Crippen molar-refractivity contribution in [2.24, 2.45) is 5.41 Å². The summed E-state index contributed by atoms with van der Waals surface area (Å²) in [6, 6.07) is 9.88. The SMILES string of the molecule is CC(C)N1CCN(c2ccc(CN(C)CCC(C)(C)C)cc2)CC1. The van der Waals surface area contributed by atoms with Crippen molar-refractivity contribution in [1.82, 2.24) is 9.80 Å². The van der Waals surface area contributed by atoms with Crippen molar-refractivity contribution in [2.75, 3.05) is 44.7 Å². The van der Waals surface area contributed by atoms with Crippen LogP contribution in [0.5, 0.6) is 0 Å². The van der Waals surface area contributed by atoms with Gasteiger partial charge in [0, 0.05) is 44.5 Å². The summed E-state index contributed by atoms with van der Waals surface area (Å²) in [5.41, 5.74) is 3.20. The van der Waals surface area contributed by atoms with Crippen LogP contribution in [0.4, 0.5) is 5.69 Å². The van der Waals surface area contributed by atoms with Crippen LogP contribution in [-0.2, 0) is 6.54 Å². The van der Waals surface area contributed by atoms with Crippen molar-refractivity contribution in [3.8, 4) is 0 Å². The summed E-state index contributed by atoms with van der Waals surface area (Å²) in [6.45, 7) is 18.4. The molecular formula is C21H37N3. The van der Waals surface area contributed by atoms with E-state index in [9.17, 15) is 0 Å². The van der Waals surface area contributed by atoms with Gasteiger partial charge in [-0.1, -0.05) is 32.9 Å². The van der Waals surface area contributed by atoms with Gasteiger partial charge in [0.2, 0.25) is 0 Å². The largest absolute Gasteiger partial charge is 0.369 e. The monoisotopic (exact) mass is 331 g/mol. The van der Waals surface area contributed by atoms with Gasteiger partial charge in [-0.3, -0.25) is 4.90 Å². The molecular weight excluding hydrogens is 294 g/mol. The van der Waals surface area contributed by atoms with Gasteiger partial charge in [0.05, 0.1) is 0 Å². The van der Waals surface area contributed by atoms with E-state index in [1.54, 1.807) is 0 Å². The fourth-order valence-electron chi connectivity index (χ4n) is 3.23. The molecule has 1 aliphatic heterocycles. The van der Waals surface area contributed by atoms with Crippen LogP contribution in [0, 0.1) is 5.41 Å². The number of benzene rings is 1. The first kappa shape index (κ1) is 19.3. The standard InChI is InChI=1S/C21H37N3/c1-18(2)23-13-15-24(16-14-23)20-9-7-19(8-10-20)17-22(6)12-11-21(3,4)5/h7-10,18H,11-17H2,1-6H3. The fourth-order valence-corrected chi connectivity index (χ4v) is 3.23. The van der Waals surface area contributed by atoms with Crippen molar-refractivity contribution in [1.29, 1.82) is 0 Å². The van der Waals surface area contributed by atoms with E-state index < -0.39 is 0 Å². The second-order valence-electron chi connectivity index (χ2n) is 8.83. The van der Waals surface area contributed by atoms with Gasteiger partial charge in [0.25, 0.3) is 0 Å². The molecule has 1 saturated heterocycles. The van der Waals surface area contributed by atoms with E-state index in [-0.39, 0.29) is 0 Å². The minimum Gasteiger partial charge on any atom is -0.369 e. The quantitative estimate of drug-likeness (QED) is 0.777. The molecule has 136 valence electrons. The lowest BCUT2D eigenvalue weighted by molar-refractivity contribution is 0.209. The average Bonchev–Trinajstić information content (AvgIpc) is 2.53. The Labute approximate surface area is 149 Å². The number of hydrogen-bond acceptors (Lipinski definition) is 3. The average molecular weight is 332 g/mol. The molecule has 0 saturated carbocycles. The molecule has 0 unspecified atom stereocenters. The number of hydrogen-bond donors (Lipinski definition) is 0. The van der Waals surface area contributed by atoms with Crippen LogP contribution < -0.4 is 4.90 Å². The summed E-state index contributed by atoms with van der Waals surface area (Å²) in [5.74, 6) is 0. The van der Waals surface area contributed by atoms with Gasteiger partial charge in [0.1, 0.15) is 0 Å². The lowest BCUT2D eigenvalue weighted by Crippen LogP contribution is -2.48. The molecule has 0 aromatic heterocycles. The second kappa shape index (κ2) is 8.35. The highest BCUT2D eigenvalue weighted by Crippen LogP contribution is 2.21. The van der Waals surface area contributed by atoms with Crippen LogP contribution >= 0.6 is 0 Å². The van der Waals surface area contributed by atoms with Crippen LogP contribution in [0.2, 0.25) is 0 Å². The zero-order valence-electron chi connectivity index (χ0n) is 16.7. The second-order valence-corrected chi connectivity index (χ2v) is 8.83. The van der Waals surface area contributed by atoms with Crippen molar-refractivity contribution in [3.05, 3.63) is 29.8 Å². The highest BCUT2D eigenvalue weighted by molar-refractivity contribution is 5.48. The molecule has 1 aromatic carbocycles. The van der Waals surface area contributed by atoms with Crippen LogP contribution in [0.25, 0.3) is 0 Å². The molecule has 0 aliphatic carbocycles. The molecule has 0 N–H and O–H groups in total. The first-order valence-electron chi connectivity index (χ1n) is 9.51. The van der Waals surface area contributed by atoms with Gasteiger partial charge in [-0.05, 0) is 57.0 Å². The molecule has 1 fully saturated rings. The summed E-state index contributed by atoms with van der Waals surface area (Å²) in [4.78, 5) is 7.52. The third-order valence-corrected chi connectivity index (χ3v) is 5.04. The van der Waals surface area contributed by atoms with Crippen molar-refractivity contribution < 1.29 is 0 Å². The summed E-state index contributed by atoms with van der Waals surface area (Å²) >= 11 is 0. The van der Waals surface area contributed by atoms with Gasteiger partial charge in [-0.2, -0.15) is 0 Å². The van der Waals surface area contributed by atoms with Crippen LogP contribution in [0.3, 0.4) is 0 Å². The highest BCUT2D eigenvalue weighted by atomic mass is 15.3. The van der Waals surface area contributed by atoms with Crippen molar-refractivity contribution in [2.45, 2.75) is 53.6 Å². The maximum atomic E-state index is 2.56. The minimum atomic E-state index is 0.413. The van der Waals surface area contributed by atoms with E-state index in [0.717, 1.165) is 26.2 Å². The zero-order chi connectivity index (χ0) is 17.7. The number of rotatable bonds is 6. The number of nitrogens with zero attached hydrogens (tertiary/aromatic N) is 3. The summed E-state index contributed by atoms with van der Waals surface area (Å²) in [5, 5.41) is 0. The maximum Gasteiger partial charge on any atom is 0.0367 e. The third kappa shape index (κ3) is 6.10. The lowest BCUT2D eigenvalue weighted by Gasteiger charge is -2.38. The molecule has 0 amide bonds. The zero-order valence-corrected chi connectivity index (χ0v) is 16.7. The molecule has 0 spiro atoms. The van der Waals surface area contributed by atoms with E-state index in [0.29, 0.717) is 11.5 Å². The van der Waals surface area contributed by atoms with Gasteiger partial charge < -0.3 is 9.80 Å². The van der Waals surface area contributed by atoms with Crippen LogP contribution in [0.1, 0.15) is 46.6 Å². The molecule has 3 nitrogen and oxygen atoms in total. The molecule has 1 aromatic rings. The Morgan fingerprint density at radius 3 is 2.08 bits per heavy atom. The Kier molecular flexibility index (Phi) is 6.70. The van der Waals surface area contributed by atoms with E-state index in [1.165, 1.54) is 30.8 Å². The Bertz CT molecular complexity index is 479. The smallest absolute Gasteiger partial charge is 0.0367 e. The Balaban J connectivity index is 1.83. The Morgan fingerprint density at radius 1 is 1.00 bits per heavy atom. The van der Waals surface area contributed by atoms with E-state index >= 15 is 0 Å². The van der Waals surface area contributed by atoms with E-state index in [4.69, 9.17) is 0 Å². The van der Waals surface area contributed by atoms with E-state index in [1.807, 2.05) is 0 Å². The minimum absolute atomic E-state index is 0.413. The van der Waals surface area contributed by atoms with Gasteiger partial charge in [-0.25, -0.2) is 0 Å². The van der Waals surface area contributed by atoms with Crippen LogP contribution in [0.15, 0.2) is 24.3 Å². The number of anilines is 1. The Morgan fingerprint density at radius 2 is 1.58 bits per heavy atom. The van der Waals surface area contributed by atoms with Crippen LogP contribution in [-0.4, -0.2) is 55.6 Å². The molecule has 0 radical (unpaired) electrons. The number of piperazine rings is 1. The van der Waals surface area contributed by atoms with E-state index in [2.05, 4.69) is 80.6 Å². The molecule has 0 atom stereocenters. The van der Waals surface area contributed by atoms with Gasteiger partial charge in [-0.15, -0.1) is 0 Å². The molecule has 2 rings (SSSR count). The molecule has 1 aliphatic rings. The predicted molar refractivity (Wildman–Crippen MR) is 106 cm³/mol. The summed E-state index contributed by atoms with van der Waals surface area (Å²) in [6.07, 6.45) is 1.24. The summed E-state index contributed by atoms with van der Waals surface area (Å²) < 4.78 is 0. The third-order valence-electron chi connectivity index (χ3n) is 5.04. The first-order valence-corrected chi connectivity index (χ1v) is 9.51. The molecule has 0 bridgehead atoms. The first-order chi connectivity index (χ1) is 11.2. The van der Waals surface area contributed by atoms with Gasteiger partial charge in [0.15, 0.2) is 0 Å². The predicted octanol–water partition coefficient (Wildman–Crippen LogP) is 4.09. The van der Waals surface area contributed by atoms with Gasteiger partial charge >= 0.3 is 0 Å². The summed E-state index contributed by atoms with van der Waals surface area (Å²) in [7, 11) is 2.23. The maximum absolute atomic E-state index is 2.56. The highest BCUT2D eigenvalue weighted by Gasteiger charge is 2.19. The normalized spacial score (nSPS) is 17.1. The topological polar surface area (TPSA) is 9.72 Å². The fraction of sp³-hybridized carbons (Fsp3) is 0.714. The van der Waals surface area contributed by atoms with Crippen molar-refractivity contribution >= 4 is 5.69 Å². The molecule has 24 heavy (non-hydrogen) atoms.